The molecule has 1 aromatic carbocycles. The van der Waals surface area contributed by atoms with Gasteiger partial charge in [-0.25, -0.2) is 0 Å². The first-order valence-corrected chi connectivity index (χ1v) is 6.27. The molecule has 1 aromatic heterocycles. The fourth-order valence-corrected chi connectivity index (χ4v) is 1.86. The lowest BCUT2D eigenvalue weighted by atomic mass is 10.1. The number of aromatic amines is 1. The van der Waals surface area contributed by atoms with Gasteiger partial charge in [0.2, 0.25) is 5.91 Å². The minimum Gasteiger partial charge on any atom is -0.326 e. The molecule has 4 N–H and O–H groups in total. The Balaban J connectivity index is 1.86. The summed E-state index contributed by atoms with van der Waals surface area (Å²) in [6, 6.07) is 9.78. The number of benzene rings is 1. The average molecular weight is 258 g/mol. The summed E-state index contributed by atoms with van der Waals surface area (Å²) in [5.74, 6) is 0.530. The Kier molecular flexibility index (Phi) is 4.30. The quantitative estimate of drug-likeness (QED) is 0.764. The molecule has 2 aromatic rings. The van der Waals surface area contributed by atoms with Gasteiger partial charge in [-0.1, -0.05) is 24.3 Å². The van der Waals surface area contributed by atoms with E-state index in [1.165, 1.54) is 0 Å². The summed E-state index contributed by atoms with van der Waals surface area (Å²) in [6.07, 6.45) is 1.13. The maximum absolute atomic E-state index is 11.8. The van der Waals surface area contributed by atoms with E-state index in [2.05, 4.69) is 15.5 Å². The van der Waals surface area contributed by atoms with Gasteiger partial charge in [0, 0.05) is 24.7 Å². The van der Waals surface area contributed by atoms with Crippen LogP contribution in [-0.2, 0) is 17.8 Å². The van der Waals surface area contributed by atoms with Crippen LogP contribution < -0.4 is 11.1 Å². The fourth-order valence-electron chi connectivity index (χ4n) is 1.86. The number of nitrogens with one attached hydrogen (secondary N) is 2. The highest BCUT2D eigenvalue weighted by molar-refractivity contribution is 5.89. The summed E-state index contributed by atoms with van der Waals surface area (Å²) in [5.41, 5.74) is 8.72. The van der Waals surface area contributed by atoms with Gasteiger partial charge < -0.3 is 11.1 Å². The summed E-state index contributed by atoms with van der Waals surface area (Å²) >= 11 is 0. The molecular weight excluding hydrogens is 240 g/mol. The molecule has 0 saturated heterocycles. The molecular formula is C14H18N4O. The van der Waals surface area contributed by atoms with Crippen molar-refractivity contribution < 1.29 is 4.79 Å². The number of rotatable bonds is 5. The number of hydrogen-bond donors (Lipinski definition) is 3. The molecule has 0 bridgehead atoms. The van der Waals surface area contributed by atoms with E-state index in [0.717, 1.165) is 16.8 Å². The van der Waals surface area contributed by atoms with Crippen molar-refractivity contribution in [2.45, 2.75) is 26.3 Å². The summed E-state index contributed by atoms with van der Waals surface area (Å²) in [7, 11) is 0. The molecule has 2 rings (SSSR count). The number of carbonyl (C=O) groups is 1. The van der Waals surface area contributed by atoms with Gasteiger partial charge in [0.05, 0.1) is 0 Å². The van der Waals surface area contributed by atoms with Gasteiger partial charge in [0.15, 0.2) is 5.82 Å². The van der Waals surface area contributed by atoms with Crippen LogP contribution in [0.4, 0.5) is 5.82 Å². The summed E-state index contributed by atoms with van der Waals surface area (Å²) in [4.78, 5) is 11.8. The van der Waals surface area contributed by atoms with Crippen molar-refractivity contribution in [3.63, 3.8) is 0 Å². The SMILES string of the molecule is Cc1cc(NC(=O)CCc2cccc(CN)c2)n[nH]1. The Bertz CT molecular complexity index is 562. The maximum atomic E-state index is 11.8. The van der Waals surface area contributed by atoms with Crippen molar-refractivity contribution in [1.29, 1.82) is 0 Å². The summed E-state index contributed by atoms with van der Waals surface area (Å²) < 4.78 is 0. The Hall–Kier alpha value is -2.14. The molecule has 0 aliphatic rings. The van der Waals surface area contributed by atoms with Crippen molar-refractivity contribution in [2.24, 2.45) is 5.73 Å². The third kappa shape index (κ3) is 3.93. The molecule has 0 unspecified atom stereocenters. The van der Waals surface area contributed by atoms with Gasteiger partial charge in [-0.05, 0) is 24.5 Å². The van der Waals surface area contributed by atoms with Gasteiger partial charge in [-0.3, -0.25) is 9.89 Å². The summed E-state index contributed by atoms with van der Waals surface area (Å²) in [6.45, 7) is 2.41. The minimum absolute atomic E-state index is 0.0374. The molecule has 1 heterocycles. The second kappa shape index (κ2) is 6.15. The van der Waals surface area contributed by atoms with Crippen LogP contribution in [0.15, 0.2) is 30.3 Å². The van der Waals surface area contributed by atoms with E-state index in [1.807, 2.05) is 31.2 Å². The number of H-pyrrole nitrogens is 1. The van der Waals surface area contributed by atoms with E-state index in [9.17, 15) is 4.79 Å². The predicted molar refractivity (Wildman–Crippen MR) is 74.6 cm³/mol. The normalized spacial score (nSPS) is 10.4. The third-order valence-corrected chi connectivity index (χ3v) is 2.84. The lowest BCUT2D eigenvalue weighted by Crippen LogP contribution is -2.12. The van der Waals surface area contributed by atoms with E-state index < -0.39 is 0 Å². The first-order chi connectivity index (χ1) is 9.17. The van der Waals surface area contributed by atoms with Crippen molar-refractivity contribution in [2.75, 3.05) is 5.32 Å². The molecule has 0 radical (unpaired) electrons. The third-order valence-electron chi connectivity index (χ3n) is 2.84. The van der Waals surface area contributed by atoms with Crippen LogP contribution in [0.3, 0.4) is 0 Å². The number of nitrogens with zero attached hydrogens (tertiary/aromatic N) is 1. The van der Waals surface area contributed by atoms with Gasteiger partial charge in [-0.15, -0.1) is 0 Å². The summed E-state index contributed by atoms with van der Waals surface area (Å²) in [5, 5.41) is 9.50. The minimum atomic E-state index is -0.0374. The standard InChI is InChI=1S/C14H18N4O/c1-10-7-13(18-17-10)16-14(19)6-5-11-3-2-4-12(8-11)9-15/h2-4,7-8H,5-6,9,15H2,1H3,(H2,16,17,18,19). The molecule has 0 aliphatic carbocycles. The van der Waals surface area contributed by atoms with Crippen LogP contribution in [0.1, 0.15) is 23.2 Å². The van der Waals surface area contributed by atoms with Gasteiger partial charge >= 0.3 is 0 Å². The molecule has 19 heavy (non-hydrogen) atoms. The fraction of sp³-hybridized carbons (Fsp3) is 0.286. The number of carbonyl (C=O) groups excluding carboxylic acids is 1. The number of amides is 1. The second-order valence-corrected chi connectivity index (χ2v) is 4.51. The zero-order valence-electron chi connectivity index (χ0n) is 10.9. The predicted octanol–water partition coefficient (Wildman–Crippen LogP) is 1.75. The lowest BCUT2D eigenvalue weighted by molar-refractivity contribution is -0.116. The second-order valence-electron chi connectivity index (χ2n) is 4.51. The van der Waals surface area contributed by atoms with Gasteiger partial charge in [0.25, 0.3) is 0 Å². The first-order valence-electron chi connectivity index (χ1n) is 6.27. The van der Waals surface area contributed by atoms with Gasteiger partial charge in [-0.2, -0.15) is 5.10 Å². The highest BCUT2D eigenvalue weighted by Crippen LogP contribution is 2.09. The first kappa shape index (κ1) is 13.3. The maximum Gasteiger partial charge on any atom is 0.225 e. The van der Waals surface area contributed by atoms with E-state index in [0.29, 0.717) is 25.2 Å². The number of aryl methyl sites for hydroxylation is 2. The zero-order valence-corrected chi connectivity index (χ0v) is 10.9. The van der Waals surface area contributed by atoms with Crippen LogP contribution in [-0.4, -0.2) is 16.1 Å². The van der Waals surface area contributed by atoms with Crippen molar-refractivity contribution in [3.05, 3.63) is 47.2 Å². The molecule has 0 atom stereocenters. The molecule has 0 saturated carbocycles. The molecule has 0 fully saturated rings. The van der Waals surface area contributed by atoms with Crippen molar-refractivity contribution >= 4 is 11.7 Å². The zero-order chi connectivity index (χ0) is 13.7. The van der Waals surface area contributed by atoms with Crippen LogP contribution in [0.5, 0.6) is 0 Å². The largest absolute Gasteiger partial charge is 0.326 e. The van der Waals surface area contributed by atoms with E-state index in [-0.39, 0.29) is 5.91 Å². The smallest absolute Gasteiger partial charge is 0.225 e. The number of aromatic nitrogens is 2. The van der Waals surface area contributed by atoms with Crippen LogP contribution in [0.25, 0.3) is 0 Å². The highest BCUT2D eigenvalue weighted by Gasteiger charge is 2.05. The van der Waals surface area contributed by atoms with E-state index in [4.69, 9.17) is 5.73 Å². The van der Waals surface area contributed by atoms with Crippen LogP contribution >= 0.6 is 0 Å². The molecule has 5 nitrogen and oxygen atoms in total. The number of anilines is 1. The highest BCUT2D eigenvalue weighted by atomic mass is 16.1. The van der Waals surface area contributed by atoms with E-state index >= 15 is 0 Å². The Morgan fingerprint density at radius 3 is 2.84 bits per heavy atom. The molecule has 0 aliphatic heterocycles. The van der Waals surface area contributed by atoms with E-state index in [1.54, 1.807) is 6.07 Å². The van der Waals surface area contributed by atoms with Crippen LogP contribution in [0.2, 0.25) is 0 Å². The molecule has 1 amide bonds. The Morgan fingerprint density at radius 2 is 2.16 bits per heavy atom. The van der Waals surface area contributed by atoms with Gasteiger partial charge in [0.1, 0.15) is 0 Å². The Morgan fingerprint density at radius 1 is 1.37 bits per heavy atom. The monoisotopic (exact) mass is 258 g/mol. The number of nitrogens with two attached hydrogens (primary N) is 1. The topological polar surface area (TPSA) is 83.8 Å². The molecule has 100 valence electrons. The average Bonchev–Trinajstić information content (AvgIpc) is 2.82. The van der Waals surface area contributed by atoms with Crippen LogP contribution in [0, 0.1) is 6.92 Å². The van der Waals surface area contributed by atoms with Crippen molar-refractivity contribution in [3.8, 4) is 0 Å². The lowest BCUT2D eigenvalue weighted by Gasteiger charge is -2.04. The number of hydrogen-bond acceptors (Lipinski definition) is 3. The Labute approximate surface area is 112 Å². The molecule has 5 heteroatoms. The molecule has 0 spiro atoms. The van der Waals surface area contributed by atoms with Crippen molar-refractivity contribution in [1.82, 2.24) is 10.2 Å².